The van der Waals surface area contributed by atoms with Crippen LogP contribution in [0.5, 0.6) is 11.5 Å². The second-order valence-corrected chi connectivity index (χ2v) is 6.05. The van der Waals surface area contributed by atoms with Crippen LogP contribution in [0.4, 0.5) is 5.69 Å². The summed E-state index contributed by atoms with van der Waals surface area (Å²) in [6, 6.07) is 5.21. The molecular weight excluding hydrogens is 338 g/mol. The number of rotatable bonds is 5. The van der Waals surface area contributed by atoms with Crippen LogP contribution in [0.25, 0.3) is 0 Å². The Morgan fingerprint density at radius 2 is 2.04 bits per heavy atom. The molecular formula is C18H21N3O5. The maximum absolute atomic E-state index is 12.8. The third-order valence-electron chi connectivity index (χ3n) is 4.17. The van der Waals surface area contributed by atoms with Crippen molar-refractivity contribution in [1.29, 1.82) is 0 Å². The number of para-hydroxylation sites is 1. The van der Waals surface area contributed by atoms with Gasteiger partial charge in [-0.1, -0.05) is 6.07 Å². The minimum atomic E-state index is -0.896. The van der Waals surface area contributed by atoms with Crippen molar-refractivity contribution in [2.45, 2.75) is 33.2 Å². The Balaban J connectivity index is 1.84. The summed E-state index contributed by atoms with van der Waals surface area (Å²) in [5.74, 6) is -0.222. The van der Waals surface area contributed by atoms with Gasteiger partial charge in [-0.15, -0.1) is 0 Å². The average Bonchev–Trinajstić information content (AvgIpc) is 2.80. The van der Waals surface area contributed by atoms with E-state index >= 15 is 0 Å². The molecule has 2 N–H and O–H groups in total. The summed E-state index contributed by atoms with van der Waals surface area (Å²) < 4.78 is 12.9. The smallest absolute Gasteiger partial charge is 0.305 e. The highest BCUT2D eigenvalue weighted by molar-refractivity contribution is 6.07. The van der Waals surface area contributed by atoms with Crippen LogP contribution in [0, 0.1) is 13.8 Å². The summed E-state index contributed by atoms with van der Waals surface area (Å²) in [6.45, 7) is 4.85. The monoisotopic (exact) mass is 359 g/mol. The number of fused-ring (bicyclic) bond motifs is 1. The summed E-state index contributed by atoms with van der Waals surface area (Å²) >= 11 is 0. The van der Waals surface area contributed by atoms with Crippen molar-refractivity contribution < 1.29 is 24.2 Å². The van der Waals surface area contributed by atoms with Crippen molar-refractivity contribution in [2.24, 2.45) is 0 Å². The molecule has 0 fully saturated rings. The summed E-state index contributed by atoms with van der Waals surface area (Å²) in [4.78, 5) is 23.6. The minimum Gasteiger partial charge on any atom is -0.490 e. The molecule has 0 saturated carbocycles. The highest BCUT2D eigenvalue weighted by Crippen LogP contribution is 2.34. The lowest BCUT2D eigenvalue weighted by Gasteiger charge is -2.12. The van der Waals surface area contributed by atoms with Crippen molar-refractivity contribution in [1.82, 2.24) is 9.78 Å². The van der Waals surface area contributed by atoms with Crippen LogP contribution in [0.3, 0.4) is 0 Å². The Hall–Kier alpha value is -3.03. The molecule has 0 atom stereocenters. The van der Waals surface area contributed by atoms with Gasteiger partial charge < -0.3 is 19.9 Å². The zero-order valence-corrected chi connectivity index (χ0v) is 14.7. The molecule has 1 aliphatic rings. The van der Waals surface area contributed by atoms with Crippen LogP contribution in [0.1, 0.15) is 34.6 Å². The molecule has 0 saturated heterocycles. The fourth-order valence-corrected chi connectivity index (χ4v) is 2.85. The maximum Gasteiger partial charge on any atom is 0.305 e. The van der Waals surface area contributed by atoms with E-state index in [0.29, 0.717) is 47.4 Å². The molecule has 8 nitrogen and oxygen atoms in total. The first kappa shape index (κ1) is 17.8. The largest absolute Gasteiger partial charge is 0.490 e. The molecule has 26 heavy (non-hydrogen) atoms. The quantitative estimate of drug-likeness (QED) is 0.850. The molecule has 3 rings (SSSR count). The van der Waals surface area contributed by atoms with Crippen molar-refractivity contribution in [3.63, 3.8) is 0 Å². The molecule has 1 aromatic heterocycles. The van der Waals surface area contributed by atoms with Gasteiger partial charge in [0.15, 0.2) is 11.5 Å². The van der Waals surface area contributed by atoms with E-state index in [4.69, 9.17) is 14.6 Å². The standard InChI is InChI=1S/C18H21N3O5/c1-11-16(12(2)21(20-11)8-7-15(22)23)19-18(24)13-5-3-6-14-17(13)26-10-4-9-25-14/h3,5-6H,4,7-10H2,1-2H3,(H,19,24)(H,22,23). The van der Waals surface area contributed by atoms with E-state index in [-0.39, 0.29) is 18.9 Å². The number of aliphatic carboxylic acids is 1. The van der Waals surface area contributed by atoms with Crippen LogP contribution in [0.2, 0.25) is 0 Å². The fourth-order valence-electron chi connectivity index (χ4n) is 2.85. The minimum absolute atomic E-state index is 0.0350. The molecule has 1 amide bonds. The molecule has 1 aliphatic heterocycles. The zero-order chi connectivity index (χ0) is 18.7. The molecule has 0 unspecified atom stereocenters. The highest BCUT2D eigenvalue weighted by atomic mass is 16.5. The van der Waals surface area contributed by atoms with Crippen LogP contribution >= 0.6 is 0 Å². The van der Waals surface area contributed by atoms with Crippen molar-refractivity contribution in [3.05, 3.63) is 35.2 Å². The van der Waals surface area contributed by atoms with Gasteiger partial charge in [0.1, 0.15) is 0 Å². The second kappa shape index (κ2) is 7.47. The van der Waals surface area contributed by atoms with Gasteiger partial charge >= 0.3 is 5.97 Å². The zero-order valence-electron chi connectivity index (χ0n) is 14.7. The van der Waals surface area contributed by atoms with Crippen molar-refractivity contribution in [3.8, 4) is 11.5 Å². The lowest BCUT2D eigenvalue weighted by atomic mass is 10.1. The van der Waals surface area contributed by atoms with Gasteiger partial charge in [-0.05, 0) is 26.0 Å². The Labute approximate surface area is 150 Å². The van der Waals surface area contributed by atoms with E-state index in [1.165, 1.54) is 0 Å². The van der Waals surface area contributed by atoms with Crippen LogP contribution in [-0.2, 0) is 11.3 Å². The normalized spacial score (nSPS) is 13.2. The first-order valence-electron chi connectivity index (χ1n) is 8.43. The average molecular weight is 359 g/mol. The summed E-state index contributed by atoms with van der Waals surface area (Å²) in [5.41, 5.74) is 2.30. The van der Waals surface area contributed by atoms with Gasteiger partial charge in [0.25, 0.3) is 5.91 Å². The second-order valence-electron chi connectivity index (χ2n) is 6.05. The third kappa shape index (κ3) is 3.63. The number of hydrogen-bond acceptors (Lipinski definition) is 5. The predicted octanol–water partition coefficient (Wildman–Crippen LogP) is 2.39. The van der Waals surface area contributed by atoms with E-state index in [1.807, 2.05) is 0 Å². The Morgan fingerprint density at radius 3 is 2.81 bits per heavy atom. The fraction of sp³-hybridized carbons (Fsp3) is 0.389. The molecule has 138 valence electrons. The lowest BCUT2D eigenvalue weighted by Crippen LogP contribution is -2.15. The van der Waals surface area contributed by atoms with E-state index in [1.54, 1.807) is 36.7 Å². The first-order chi connectivity index (χ1) is 12.5. The molecule has 0 spiro atoms. The summed E-state index contributed by atoms with van der Waals surface area (Å²) in [5, 5.41) is 16.0. The number of carboxylic acids is 1. The Morgan fingerprint density at radius 1 is 1.27 bits per heavy atom. The van der Waals surface area contributed by atoms with Gasteiger partial charge in [0, 0.05) is 6.42 Å². The number of ether oxygens (including phenoxy) is 2. The number of hydrogen-bond donors (Lipinski definition) is 2. The molecule has 1 aromatic carbocycles. The number of carboxylic acid groups (broad SMARTS) is 1. The SMILES string of the molecule is Cc1nn(CCC(=O)O)c(C)c1NC(=O)c1cccc2c1OCCCO2. The lowest BCUT2D eigenvalue weighted by molar-refractivity contribution is -0.137. The molecule has 0 radical (unpaired) electrons. The first-order valence-corrected chi connectivity index (χ1v) is 8.43. The van der Waals surface area contributed by atoms with Crippen molar-refractivity contribution in [2.75, 3.05) is 18.5 Å². The van der Waals surface area contributed by atoms with Gasteiger partial charge in [-0.3, -0.25) is 14.3 Å². The summed E-state index contributed by atoms with van der Waals surface area (Å²) in [6.07, 6.45) is 0.719. The van der Waals surface area contributed by atoms with Crippen LogP contribution < -0.4 is 14.8 Å². The number of nitrogens with one attached hydrogen (secondary N) is 1. The number of carbonyl (C=O) groups excluding carboxylic acids is 1. The van der Waals surface area contributed by atoms with Gasteiger partial charge in [-0.2, -0.15) is 5.10 Å². The number of benzene rings is 1. The highest BCUT2D eigenvalue weighted by Gasteiger charge is 2.22. The Bertz CT molecular complexity index is 844. The molecule has 0 bridgehead atoms. The van der Waals surface area contributed by atoms with E-state index in [0.717, 1.165) is 6.42 Å². The number of aromatic nitrogens is 2. The Kier molecular flexibility index (Phi) is 5.11. The molecule has 0 aliphatic carbocycles. The number of carbonyl (C=O) groups is 2. The van der Waals surface area contributed by atoms with Gasteiger partial charge in [0.2, 0.25) is 0 Å². The van der Waals surface area contributed by atoms with E-state index < -0.39 is 5.97 Å². The van der Waals surface area contributed by atoms with Gasteiger partial charge in [0.05, 0.1) is 48.8 Å². The van der Waals surface area contributed by atoms with E-state index in [9.17, 15) is 9.59 Å². The topological polar surface area (TPSA) is 103 Å². The number of nitrogens with zero attached hydrogens (tertiary/aromatic N) is 2. The maximum atomic E-state index is 12.8. The number of aryl methyl sites for hydroxylation is 2. The van der Waals surface area contributed by atoms with Crippen LogP contribution in [-0.4, -0.2) is 40.0 Å². The molecule has 2 heterocycles. The number of anilines is 1. The third-order valence-corrected chi connectivity index (χ3v) is 4.17. The molecule has 8 heteroatoms. The van der Waals surface area contributed by atoms with E-state index in [2.05, 4.69) is 10.4 Å². The van der Waals surface area contributed by atoms with Crippen molar-refractivity contribution >= 4 is 17.6 Å². The van der Waals surface area contributed by atoms with Crippen LogP contribution in [0.15, 0.2) is 18.2 Å². The predicted molar refractivity (Wildman–Crippen MR) is 94.0 cm³/mol. The summed E-state index contributed by atoms with van der Waals surface area (Å²) in [7, 11) is 0. The molecule has 2 aromatic rings. The van der Waals surface area contributed by atoms with Gasteiger partial charge in [-0.25, -0.2) is 0 Å². The number of amides is 1.